The highest BCUT2D eigenvalue weighted by Gasteiger charge is 2.35. The SMILES string of the molecule is COc1ccc(S(=O)(=O)C(NC[C@H](O)COc2c(Cl)ccc3[nH]c4ccccc4c23)C2CCNCC2)cc1. The normalized spacial score (nSPS) is 16.5. The number of rotatable bonds is 10. The smallest absolute Gasteiger partial charge is 0.194 e. The van der Waals surface area contributed by atoms with Gasteiger partial charge in [-0.25, -0.2) is 8.42 Å². The Balaban J connectivity index is 1.32. The molecule has 0 spiro atoms. The lowest BCUT2D eigenvalue weighted by Gasteiger charge is -2.32. The van der Waals surface area contributed by atoms with Gasteiger partial charge >= 0.3 is 0 Å². The third kappa shape index (κ3) is 5.48. The van der Waals surface area contributed by atoms with Crippen LogP contribution in [0.1, 0.15) is 12.8 Å². The van der Waals surface area contributed by atoms with Gasteiger partial charge in [0, 0.05) is 17.4 Å². The van der Waals surface area contributed by atoms with Crippen LogP contribution in [0.15, 0.2) is 65.6 Å². The number of piperidine rings is 1. The average molecular weight is 558 g/mol. The Labute approximate surface area is 227 Å². The van der Waals surface area contributed by atoms with Crippen molar-refractivity contribution in [1.29, 1.82) is 0 Å². The third-order valence-corrected chi connectivity index (χ3v) is 9.53. The molecule has 0 aliphatic carbocycles. The number of ether oxygens (including phenoxy) is 2. The van der Waals surface area contributed by atoms with Crippen LogP contribution in [-0.4, -0.2) is 63.3 Å². The van der Waals surface area contributed by atoms with E-state index in [2.05, 4.69) is 15.6 Å². The van der Waals surface area contributed by atoms with Gasteiger partial charge < -0.3 is 24.9 Å². The molecular formula is C28H32ClN3O5S. The second-order valence-electron chi connectivity index (χ2n) is 9.57. The van der Waals surface area contributed by atoms with Crippen LogP contribution in [0.25, 0.3) is 21.8 Å². The van der Waals surface area contributed by atoms with E-state index in [0.717, 1.165) is 47.7 Å². The lowest BCUT2D eigenvalue weighted by Crippen LogP contribution is -2.49. The van der Waals surface area contributed by atoms with Crippen molar-refractivity contribution in [2.24, 2.45) is 5.92 Å². The minimum atomic E-state index is -3.71. The third-order valence-electron chi connectivity index (χ3n) is 7.08. The molecule has 0 radical (unpaired) electrons. The lowest BCUT2D eigenvalue weighted by molar-refractivity contribution is 0.104. The van der Waals surface area contributed by atoms with Gasteiger partial charge in [0.15, 0.2) is 9.84 Å². The summed E-state index contributed by atoms with van der Waals surface area (Å²) in [6.45, 7) is 1.50. The van der Waals surface area contributed by atoms with Crippen molar-refractivity contribution >= 4 is 43.2 Å². The number of aliphatic hydroxyl groups excluding tert-OH is 1. The number of halogens is 1. The number of benzene rings is 3. The number of fused-ring (bicyclic) bond motifs is 3. The molecule has 1 saturated heterocycles. The number of aromatic nitrogens is 1. The quantitative estimate of drug-likeness (QED) is 0.232. The highest BCUT2D eigenvalue weighted by molar-refractivity contribution is 7.92. The molecule has 1 aliphatic rings. The van der Waals surface area contributed by atoms with Crippen molar-refractivity contribution in [3.05, 3.63) is 65.7 Å². The molecule has 4 N–H and O–H groups in total. The summed E-state index contributed by atoms with van der Waals surface area (Å²) < 4.78 is 38.5. The highest BCUT2D eigenvalue weighted by Crippen LogP contribution is 2.38. The van der Waals surface area contributed by atoms with Crippen LogP contribution in [0.2, 0.25) is 5.02 Å². The fourth-order valence-corrected chi connectivity index (χ4v) is 7.22. The standard InChI is InChI=1S/C28H32ClN3O5S/c1-36-20-6-8-21(9-7-20)38(34,35)28(18-12-14-30-15-13-18)31-16-19(33)17-37-27-23(29)10-11-25-26(27)22-4-2-3-5-24(22)32-25/h2-11,18-19,28,30-33H,12-17H2,1H3/t19-,28?/m0/s1. The van der Waals surface area contributed by atoms with E-state index in [1.165, 1.54) is 0 Å². The van der Waals surface area contributed by atoms with Crippen molar-refractivity contribution in [2.45, 2.75) is 29.2 Å². The molecule has 5 rings (SSSR count). The molecule has 2 heterocycles. The second-order valence-corrected chi connectivity index (χ2v) is 12.0. The molecule has 8 nitrogen and oxygen atoms in total. The minimum Gasteiger partial charge on any atom is -0.497 e. The van der Waals surface area contributed by atoms with Crippen LogP contribution in [0.4, 0.5) is 0 Å². The molecule has 38 heavy (non-hydrogen) atoms. The molecule has 202 valence electrons. The summed E-state index contributed by atoms with van der Waals surface area (Å²) >= 11 is 6.49. The minimum absolute atomic E-state index is 0.0471. The predicted molar refractivity (Wildman–Crippen MR) is 150 cm³/mol. The first-order valence-electron chi connectivity index (χ1n) is 12.7. The molecule has 1 fully saturated rings. The zero-order valence-corrected chi connectivity index (χ0v) is 22.7. The Hall–Kier alpha value is -2.82. The Morgan fingerprint density at radius 1 is 1.05 bits per heavy atom. The van der Waals surface area contributed by atoms with Gasteiger partial charge in [0.05, 0.1) is 27.9 Å². The van der Waals surface area contributed by atoms with Gasteiger partial charge in [0.1, 0.15) is 29.6 Å². The largest absolute Gasteiger partial charge is 0.497 e. The van der Waals surface area contributed by atoms with Crippen molar-refractivity contribution in [3.8, 4) is 11.5 Å². The number of nitrogens with one attached hydrogen (secondary N) is 3. The number of H-pyrrole nitrogens is 1. The number of aliphatic hydroxyl groups is 1. The number of hydrogen-bond donors (Lipinski definition) is 4. The summed E-state index contributed by atoms with van der Waals surface area (Å²) in [4.78, 5) is 3.58. The summed E-state index contributed by atoms with van der Waals surface area (Å²) in [5.74, 6) is 0.985. The Kier molecular flexibility index (Phi) is 8.11. The fourth-order valence-electron chi connectivity index (χ4n) is 5.10. The highest BCUT2D eigenvalue weighted by atomic mass is 35.5. The van der Waals surface area contributed by atoms with Gasteiger partial charge in [0.2, 0.25) is 0 Å². The summed E-state index contributed by atoms with van der Waals surface area (Å²) in [6.07, 6.45) is 0.483. The van der Waals surface area contributed by atoms with Crippen molar-refractivity contribution < 1.29 is 23.0 Å². The summed E-state index contributed by atoms with van der Waals surface area (Å²) in [5.41, 5.74) is 1.85. The monoisotopic (exact) mass is 557 g/mol. The van der Waals surface area contributed by atoms with Gasteiger partial charge in [-0.1, -0.05) is 29.8 Å². The van der Waals surface area contributed by atoms with Crippen molar-refractivity contribution in [3.63, 3.8) is 0 Å². The zero-order valence-electron chi connectivity index (χ0n) is 21.1. The van der Waals surface area contributed by atoms with E-state index in [1.54, 1.807) is 37.4 Å². The second kappa shape index (κ2) is 11.5. The van der Waals surface area contributed by atoms with Crippen LogP contribution >= 0.6 is 11.6 Å². The molecule has 0 amide bonds. The van der Waals surface area contributed by atoms with Crippen molar-refractivity contribution in [2.75, 3.05) is 33.4 Å². The van der Waals surface area contributed by atoms with Gasteiger partial charge in [0.25, 0.3) is 0 Å². The Bertz CT molecular complexity index is 1500. The molecule has 3 aromatic carbocycles. The number of methoxy groups -OCH3 is 1. The average Bonchev–Trinajstić information content (AvgIpc) is 3.32. The first kappa shape index (κ1) is 26.8. The number of hydrogen-bond acceptors (Lipinski definition) is 7. The van der Waals surface area contributed by atoms with E-state index < -0.39 is 21.3 Å². The molecule has 2 atom stereocenters. The maximum absolute atomic E-state index is 13.7. The first-order valence-corrected chi connectivity index (χ1v) is 14.6. The molecule has 1 unspecified atom stereocenters. The van der Waals surface area contributed by atoms with Gasteiger partial charge in [-0.05, 0) is 74.3 Å². The summed E-state index contributed by atoms with van der Waals surface area (Å²) in [6, 6.07) is 17.9. The lowest BCUT2D eigenvalue weighted by atomic mass is 9.98. The maximum atomic E-state index is 13.7. The van der Waals surface area contributed by atoms with Gasteiger partial charge in [-0.2, -0.15) is 0 Å². The van der Waals surface area contributed by atoms with Crippen LogP contribution in [0, 0.1) is 5.92 Å². The van der Waals surface area contributed by atoms with Crippen LogP contribution < -0.4 is 20.1 Å². The fraction of sp³-hybridized carbons (Fsp3) is 0.357. The summed E-state index contributed by atoms with van der Waals surface area (Å²) in [7, 11) is -2.17. The predicted octanol–water partition coefficient (Wildman–Crippen LogP) is 4.11. The van der Waals surface area contributed by atoms with Crippen LogP contribution in [-0.2, 0) is 9.84 Å². The van der Waals surface area contributed by atoms with Gasteiger partial charge in [-0.3, -0.25) is 5.32 Å². The molecule has 10 heteroatoms. The molecular weight excluding hydrogens is 526 g/mol. The van der Waals surface area contributed by atoms with E-state index in [9.17, 15) is 13.5 Å². The number of para-hydroxylation sites is 1. The molecule has 1 aromatic heterocycles. The molecule has 1 aliphatic heterocycles. The maximum Gasteiger partial charge on any atom is 0.194 e. The van der Waals surface area contributed by atoms with Crippen LogP contribution in [0.5, 0.6) is 11.5 Å². The van der Waals surface area contributed by atoms with Gasteiger partial charge in [-0.15, -0.1) is 0 Å². The number of aromatic amines is 1. The summed E-state index contributed by atoms with van der Waals surface area (Å²) in [5, 5.41) is 18.7. The first-order chi connectivity index (χ1) is 18.4. The molecule has 0 bridgehead atoms. The molecule has 0 saturated carbocycles. The van der Waals surface area contributed by atoms with E-state index >= 15 is 0 Å². The van der Waals surface area contributed by atoms with Crippen LogP contribution in [0.3, 0.4) is 0 Å². The van der Waals surface area contributed by atoms with E-state index in [0.29, 0.717) is 16.5 Å². The van der Waals surface area contributed by atoms with Crippen molar-refractivity contribution in [1.82, 2.24) is 15.6 Å². The number of sulfone groups is 1. The van der Waals surface area contributed by atoms with E-state index in [4.69, 9.17) is 21.1 Å². The van der Waals surface area contributed by atoms with E-state index in [1.807, 2.05) is 30.3 Å². The Morgan fingerprint density at radius 3 is 2.53 bits per heavy atom. The topological polar surface area (TPSA) is 113 Å². The Morgan fingerprint density at radius 2 is 1.79 bits per heavy atom. The van der Waals surface area contributed by atoms with E-state index in [-0.39, 0.29) is 24.0 Å². The zero-order chi connectivity index (χ0) is 26.7. The molecule has 4 aromatic rings.